The first kappa shape index (κ1) is 16.4. The number of sulfonamides is 1. The molecule has 1 atom stereocenters. The van der Waals surface area contributed by atoms with Crippen molar-refractivity contribution in [2.45, 2.75) is 37.4 Å². The Labute approximate surface area is 126 Å². The summed E-state index contributed by atoms with van der Waals surface area (Å²) in [5.41, 5.74) is 0.601. The molecule has 1 aromatic heterocycles. The van der Waals surface area contributed by atoms with Crippen molar-refractivity contribution in [3.63, 3.8) is 0 Å². The number of nitrogens with zero attached hydrogens (tertiary/aromatic N) is 3. The number of hydrogen-bond donors (Lipinski definition) is 1. The van der Waals surface area contributed by atoms with Crippen molar-refractivity contribution in [3.8, 4) is 0 Å². The highest BCUT2D eigenvalue weighted by molar-refractivity contribution is 7.89. The number of likely N-dealkylation sites (tertiary alicyclic amines) is 1. The lowest BCUT2D eigenvalue weighted by Crippen LogP contribution is -2.41. The molecule has 1 aliphatic heterocycles. The summed E-state index contributed by atoms with van der Waals surface area (Å²) in [4.78, 5) is 6.27. The average Bonchev–Trinajstić information content (AvgIpc) is 2.94. The Kier molecular flexibility index (Phi) is 5.32. The van der Waals surface area contributed by atoms with Gasteiger partial charge in [0.2, 0.25) is 0 Å². The highest BCUT2D eigenvalue weighted by Crippen LogP contribution is 2.20. The van der Waals surface area contributed by atoms with Gasteiger partial charge in [0.25, 0.3) is 10.0 Å². The highest BCUT2D eigenvalue weighted by Gasteiger charge is 2.29. The molecule has 0 aliphatic carbocycles. The van der Waals surface area contributed by atoms with Gasteiger partial charge >= 0.3 is 0 Å². The summed E-state index contributed by atoms with van der Waals surface area (Å²) in [7, 11) is -1.97. The van der Waals surface area contributed by atoms with E-state index in [1.165, 1.54) is 16.6 Å². The maximum absolute atomic E-state index is 12.5. The van der Waals surface area contributed by atoms with Crippen molar-refractivity contribution in [2.75, 3.05) is 26.7 Å². The second-order valence-electron chi connectivity index (χ2n) is 5.37. The van der Waals surface area contributed by atoms with Gasteiger partial charge in [-0.15, -0.1) is 0 Å². The number of pyridine rings is 1. The fourth-order valence-corrected chi connectivity index (χ4v) is 3.84. The van der Waals surface area contributed by atoms with Crippen molar-refractivity contribution in [1.29, 1.82) is 0 Å². The van der Waals surface area contributed by atoms with Crippen molar-refractivity contribution in [3.05, 3.63) is 23.9 Å². The Morgan fingerprint density at radius 2 is 2.24 bits per heavy atom. The largest absolute Gasteiger partial charge is 0.392 e. The van der Waals surface area contributed by atoms with E-state index in [1.807, 2.05) is 0 Å². The van der Waals surface area contributed by atoms with Crippen LogP contribution in [0.4, 0.5) is 0 Å². The lowest BCUT2D eigenvalue weighted by molar-refractivity contribution is 0.237. The topological polar surface area (TPSA) is 73.7 Å². The molecule has 1 unspecified atom stereocenters. The fraction of sp³-hybridized carbons (Fsp3) is 0.643. The minimum absolute atomic E-state index is 0.0308. The van der Waals surface area contributed by atoms with Crippen LogP contribution >= 0.6 is 0 Å². The standard InChI is InChI=1S/C14H23N3O3S/c1-3-17-8-4-5-13(17)10-16(2)21(19,20)14-7-6-12(11-18)9-15-14/h6-7,9,13,18H,3-5,8,10-11H2,1-2H3. The van der Waals surface area contributed by atoms with Crippen molar-refractivity contribution >= 4 is 10.0 Å². The van der Waals surface area contributed by atoms with Gasteiger partial charge in [-0.2, -0.15) is 4.31 Å². The first-order chi connectivity index (χ1) is 9.98. The van der Waals surface area contributed by atoms with Crippen LogP contribution in [0.25, 0.3) is 0 Å². The van der Waals surface area contributed by atoms with E-state index in [4.69, 9.17) is 5.11 Å². The molecule has 1 aliphatic rings. The van der Waals surface area contributed by atoms with Crippen LogP contribution < -0.4 is 0 Å². The Balaban J connectivity index is 2.10. The number of likely N-dealkylation sites (N-methyl/N-ethyl adjacent to an activating group) is 2. The molecule has 6 nitrogen and oxygen atoms in total. The van der Waals surface area contributed by atoms with Gasteiger partial charge in [-0.3, -0.25) is 4.90 Å². The van der Waals surface area contributed by atoms with Crippen LogP contribution in [0, 0.1) is 0 Å². The van der Waals surface area contributed by atoms with E-state index in [-0.39, 0.29) is 17.7 Å². The van der Waals surface area contributed by atoms with Crippen LogP contribution in [-0.4, -0.2) is 60.4 Å². The van der Waals surface area contributed by atoms with Gasteiger partial charge in [-0.25, -0.2) is 13.4 Å². The normalized spacial score (nSPS) is 20.3. The van der Waals surface area contributed by atoms with Crippen LogP contribution in [-0.2, 0) is 16.6 Å². The SMILES string of the molecule is CCN1CCCC1CN(C)S(=O)(=O)c1ccc(CO)cn1. The monoisotopic (exact) mass is 313 g/mol. The number of rotatable bonds is 6. The molecule has 0 saturated carbocycles. The van der Waals surface area contributed by atoms with E-state index in [0.717, 1.165) is 25.9 Å². The van der Waals surface area contributed by atoms with Gasteiger partial charge in [0.15, 0.2) is 5.03 Å². The predicted octanol–water partition coefficient (Wildman–Crippen LogP) is 0.679. The van der Waals surface area contributed by atoms with Gasteiger partial charge in [0.05, 0.1) is 6.61 Å². The predicted molar refractivity (Wildman–Crippen MR) is 80.2 cm³/mol. The molecule has 2 rings (SSSR count). The summed E-state index contributed by atoms with van der Waals surface area (Å²) >= 11 is 0. The van der Waals surface area contributed by atoms with Gasteiger partial charge in [-0.05, 0) is 37.6 Å². The second-order valence-corrected chi connectivity index (χ2v) is 7.36. The van der Waals surface area contributed by atoms with E-state index < -0.39 is 10.0 Å². The summed E-state index contributed by atoms with van der Waals surface area (Å²) in [5, 5.41) is 9.01. The number of aliphatic hydroxyl groups excluding tert-OH is 1. The lowest BCUT2D eigenvalue weighted by Gasteiger charge is -2.27. The first-order valence-corrected chi connectivity index (χ1v) is 8.69. The van der Waals surface area contributed by atoms with Gasteiger partial charge in [-0.1, -0.05) is 13.0 Å². The summed E-state index contributed by atoms with van der Waals surface area (Å²) in [6, 6.07) is 3.32. The molecule has 7 heteroatoms. The van der Waals surface area contributed by atoms with Crippen LogP contribution in [0.5, 0.6) is 0 Å². The van der Waals surface area contributed by atoms with Crippen LogP contribution in [0.2, 0.25) is 0 Å². The summed E-state index contributed by atoms with van der Waals surface area (Å²) in [5.74, 6) is 0. The smallest absolute Gasteiger partial charge is 0.260 e. The first-order valence-electron chi connectivity index (χ1n) is 7.25. The maximum atomic E-state index is 12.5. The molecular weight excluding hydrogens is 290 g/mol. The molecule has 0 aromatic carbocycles. The van der Waals surface area contributed by atoms with Crippen LogP contribution in [0.3, 0.4) is 0 Å². The van der Waals surface area contributed by atoms with E-state index >= 15 is 0 Å². The highest BCUT2D eigenvalue weighted by atomic mass is 32.2. The fourth-order valence-electron chi connectivity index (χ4n) is 2.73. The Morgan fingerprint density at radius 3 is 2.81 bits per heavy atom. The zero-order valence-electron chi connectivity index (χ0n) is 12.6. The summed E-state index contributed by atoms with van der Waals surface area (Å²) in [6.45, 7) is 4.43. The minimum Gasteiger partial charge on any atom is -0.392 e. The lowest BCUT2D eigenvalue weighted by atomic mass is 10.2. The molecule has 1 fully saturated rings. The van der Waals surface area contributed by atoms with Gasteiger partial charge in [0.1, 0.15) is 0 Å². The third-order valence-electron chi connectivity index (χ3n) is 4.03. The van der Waals surface area contributed by atoms with E-state index in [1.54, 1.807) is 13.1 Å². The maximum Gasteiger partial charge on any atom is 0.260 e. The molecule has 21 heavy (non-hydrogen) atoms. The average molecular weight is 313 g/mol. The quantitative estimate of drug-likeness (QED) is 0.836. The Bertz CT molecular complexity index is 559. The van der Waals surface area contributed by atoms with Crippen molar-refractivity contribution in [2.24, 2.45) is 0 Å². The molecule has 118 valence electrons. The molecule has 0 radical (unpaired) electrons. The molecule has 1 aromatic rings. The molecule has 0 bridgehead atoms. The molecule has 0 amide bonds. The Morgan fingerprint density at radius 1 is 1.48 bits per heavy atom. The molecule has 0 spiro atoms. The van der Waals surface area contributed by atoms with Crippen molar-refractivity contribution < 1.29 is 13.5 Å². The van der Waals surface area contributed by atoms with E-state index in [9.17, 15) is 8.42 Å². The molecule has 2 heterocycles. The minimum atomic E-state index is -3.57. The Hall–Kier alpha value is -1.02. The van der Waals surface area contributed by atoms with Crippen LogP contribution in [0.1, 0.15) is 25.3 Å². The van der Waals surface area contributed by atoms with Gasteiger partial charge < -0.3 is 5.11 Å². The molecule has 1 N–H and O–H groups in total. The summed E-state index contributed by atoms with van der Waals surface area (Å²) in [6.07, 6.45) is 3.55. The second kappa shape index (κ2) is 6.83. The zero-order valence-corrected chi connectivity index (χ0v) is 13.4. The summed E-state index contributed by atoms with van der Waals surface area (Å²) < 4.78 is 26.4. The third-order valence-corrected chi connectivity index (χ3v) is 5.77. The molecular formula is C14H23N3O3S. The number of aliphatic hydroxyl groups is 1. The van der Waals surface area contributed by atoms with Crippen molar-refractivity contribution in [1.82, 2.24) is 14.2 Å². The van der Waals surface area contributed by atoms with E-state index in [2.05, 4.69) is 16.8 Å². The van der Waals surface area contributed by atoms with E-state index in [0.29, 0.717) is 12.1 Å². The van der Waals surface area contributed by atoms with Crippen LogP contribution in [0.15, 0.2) is 23.4 Å². The third kappa shape index (κ3) is 3.60. The zero-order chi connectivity index (χ0) is 15.5. The molecule has 1 saturated heterocycles. The number of hydrogen-bond acceptors (Lipinski definition) is 5. The van der Waals surface area contributed by atoms with Gasteiger partial charge in [0, 0.05) is 25.8 Å². The number of aromatic nitrogens is 1.